The van der Waals surface area contributed by atoms with Gasteiger partial charge in [0.15, 0.2) is 6.10 Å². The van der Waals surface area contributed by atoms with Crippen molar-refractivity contribution in [2.75, 3.05) is 0 Å². The maximum atomic E-state index is 12.1. The number of hydrazone groups is 1. The molecule has 0 saturated carbocycles. The molecule has 0 unspecified atom stereocenters. The Morgan fingerprint density at radius 3 is 2.64 bits per heavy atom. The van der Waals surface area contributed by atoms with Crippen molar-refractivity contribution in [3.05, 3.63) is 72.3 Å². The number of hydrogen-bond donors (Lipinski definition) is 2. The van der Waals surface area contributed by atoms with Crippen LogP contribution in [0.4, 0.5) is 0 Å². The molecule has 0 radical (unpaired) electrons. The van der Waals surface area contributed by atoms with Crippen molar-refractivity contribution in [3.63, 3.8) is 0 Å². The Morgan fingerprint density at radius 1 is 1.08 bits per heavy atom. The van der Waals surface area contributed by atoms with E-state index in [-0.39, 0.29) is 11.7 Å². The number of ether oxygens (including phenoxy) is 1. The maximum absolute atomic E-state index is 12.1. The van der Waals surface area contributed by atoms with Crippen molar-refractivity contribution in [1.82, 2.24) is 5.43 Å². The zero-order chi connectivity index (χ0) is 17.6. The molecule has 0 aliphatic carbocycles. The van der Waals surface area contributed by atoms with Crippen LogP contribution in [-0.4, -0.2) is 23.3 Å². The van der Waals surface area contributed by atoms with Crippen LogP contribution < -0.4 is 10.2 Å². The van der Waals surface area contributed by atoms with E-state index in [1.807, 2.05) is 42.5 Å². The van der Waals surface area contributed by atoms with Crippen LogP contribution in [0.1, 0.15) is 12.5 Å². The zero-order valence-corrected chi connectivity index (χ0v) is 13.7. The summed E-state index contributed by atoms with van der Waals surface area (Å²) in [7, 11) is 0. The molecule has 3 rings (SSSR count). The summed E-state index contributed by atoms with van der Waals surface area (Å²) in [6, 6.07) is 20.3. The van der Waals surface area contributed by atoms with Crippen LogP contribution in [-0.2, 0) is 4.79 Å². The van der Waals surface area contributed by atoms with Gasteiger partial charge in [0.25, 0.3) is 5.91 Å². The average molecular weight is 334 g/mol. The summed E-state index contributed by atoms with van der Waals surface area (Å²) in [5.74, 6) is 0.366. The summed E-state index contributed by atoms with van der Waals surface area (Å²) < 4.78 is 5.78. The largest absolute Gasteiger partial charge is 0.507 e. The summed E-state index contributed by atoms with van der Waals surface area (Å²) in [6.45, 7) is 1.66. The number of fused-ring (bicyclic) bond motifs is 1. The first kappa shape index (κ1) is 16.5. The zero-order valence-electron chi connectivity index (χ0n) is 13.7. The van der Waals surface area contributed by atoms with Crippen molar-refractivity contribution in [1.29, 1.82) is 0 Å². The Kier molecular flexibility index (Phi) is 4.95. The fourth-order valence-electron chi connectivity index (χ4n) is 2.40. The van der Waals surface area contributed by atoms with Crippen LogP contribution in [0.25, 0.3) is 10.8 Å². The summed E-state index contributed by atoms with van der Waals surface area (Å²) in [5.41, 5.74) is 2.94. The molecule has 1 amide bonds. The number of benzene rings is 3. The Bertz CT molecular complexity index is 916. The van der Waals surface area contributed by atoms with Gasteiger partial charge in [-0.3, -0.25) is 4.79 Å². The van der Waals surface area contributed by atoms with Gasteiger partial charge in [0, 0.05) is 10.9 Å². The summed E-state index contributed by atoms with van der Waals surface area (Å²) in [4.78, 5) is 12.1. The van der Waals surface area contributed by atoms with E-state index in [4.69, 9.17) is 4.74 Å². The molecule has 0 aliphatic heterocycles. The molecule has 3 aromatic rings. The van der Waals surface area contributed by atoms with Crippen molar-refractivity contribution >= 4 is 22.9 Å². The maximum Gasteiger partial charge on any atom is 0.280 e. The van der Waals surface area contributed by atoms with Gasteiger partial charge >= 0.3 is 0 Å². The lowest BCUT2D eigenvalue weighted by Crippen LogP contribution is -2.33. The monoisotopic (exact) mass is 334 g/mol. The normalized spacial score (nSPS) is 12.2. The van der Waals surface area contributed by atoms with Gasteiger partial charge in [0.2, 0.25) is 0 Å². The minimum Gasteiger partial charge on any atom is -0.507 e. The van der Waals surface area contributed by atoms with E-state index in [1.54, 1.807) is 31.2 Å². The summed E-state index contributed by atoms with van der Waals surface area (Å²) >= 11 is 0. The van der Waals surface area contributed by atoms with E-state index in [0.29, 0.717) is 11.3 Å². The molecule has 0 bridgehead atoms. The number of para-hydroxylation sites is 1. The standard InChI is InChI=1S/C20H18N2O3/c1-14(20(24)22-21-13-16-8-3-5-11-18(16)23)25-19-12-6-9-15-7-2-4-10-17(15)19/h2-14,23H,1H3,(H,22,24)/b21-13+/t14-/m0/s1. The van der Waals surface area contributed by atoms with Crippen LogP contribution >= 0.6 is 0 Å². The van der Waals surface area contributed by atoms with Crippen LogP contribution in [0.15, 0.2) is 71.8 Å². The fourth-order valence-corrected chi connectivity index (χ4v) is 2.40. The molecule has 126 valence electrons. The summed E-state index contributed by atoms with van der Waals surface area (Å²) in [5, 5.41) is 15.5. The van der Waals surface area contributed by atoms with Crippen molar-refractivity contribution in [2.45, 2.75) is 13.0 Å². The van der Waals surface area contributed by atoms with E-state index in [9.17, 15) is 9.90 Å². The molecular weight excluding hydrogens is 316 g/mol. The lowest BCUT2D eigenvalue weighted by atomic mass is 10.1. The Morgan fingerprint density at radius 2 is 1.80 bits per heavy atom. The van der Waals surface area contributed by atoms with Gasteiger partial charge in [-0.2, -0.15) is 5.10 Å². The first-order chi connectivity index (χ1) is 12.1. The highest BCUT2D eigenvalue weighted by Gasteiger charge is 2.15. The van der Waals surface area contributed by atoms with Crippen LogP contribution in [0.5, 0.6) is 11.5 Å². The van der Waals surface area contributed by atoms with Crippen LogP contribution in [0.2, 0.25) is 0 Å². The number of hydrogen-bond acceptors (Lipinski definition) is 4. The number of phenolic OH excluding ortho intramolecular Hbond substituents is 1. The van der Waals surface area contributed by atoms with E-state index in [2.05, 4.69) is 10.5 Å². The minimum atomic E-state index is -0.715. The second kappa shape index (κ2) is 7.49. The average Bonchev–Trinajstić information content (AvgIpc) is 2.63. The Labute approximate surface area is 145 Å². The molecule has 0 fully saturated rings. The third-order valence-corrected chi connectivity index (χ3v) is 3.74. The quantitative estimate of drug-likeness (QED) is 0.554. The smallest absolute Gasteiger partial charge is 0.280 e. The van der Waals surface area contributed by atoms with Gasteiger partial charge in [-0.1, -0.05) is 48.5 Å². The molecular formula is C20H18N2O3. The highest BCUT2D eigenvalue weighted by atomic mass is 16.5. The number of amides is 1. The first-order valence-electron chi connectivity index (χ1n) is 7.90. The molecule has 5 heteroatoms. The van der Waals surface area contributed by atoms with Gasteiger partial charge in [-0.05, 0) is 30.5 Å². The van der Waals surface area contributed by atoms with Crippen LogP contribution in [0.3, 0.4) is 0 Å². The molecule has 0 heterocycles. The highest BCUT2D eigenvalue weighted by Crippen LogP contribution is 2.26. The molecule has 25 heavy (non-hydrogen) atoms. The van der Waals surface area contributed by atoms with Gasteiger partial charge < -0.3 is 9.84 Å². The van der Waals surface area contributed by atoms with Gasteiger partial charge in [0.1, 0.15) is 11.5 Å². The predicted octanol–water partition coefficient (Wildman–Crippen LogP) is 3.46. The van der Waals surface area contributed by atoms with Gasteiger partial charge in [0.05, 0.1) is 6.21 Å². The molecule has 3 aromatic carbocycles. The van der Waals surface area contributed by atoms with Crippen molar-refractivity contribution in [3.8, 4) is 11.5 Å². The molecule has 1 atom stereocenters. The number of rotatable bonds is 5. The molecule has 0 aromatic heterocycles. The predicted molar refractivity (Wildman–Crippen MR) is 97.9 cm³/mol. The SMILES string of the molecule is C[C@H](Oc1cccc2ccccc12)C(=O)N/N=C/c1ccccc1O. The lowest BCUT2D eigenvalue weighted by molar-refractivity contribution is -0.127. The Balaban J connectivity index is 1.65. The number of carbonyl (C=O) groups excluding carboxylic acids is 1. The van der Waals surface area contributed by atoms with Crippen molar-refractivity contribution < 1.29 is 14.6 Å². The fraction of sp³-hybridized carbons (Fsp3) is 0.100. The van der Waals surface area contributed by atoms with Gasteiger partial charge in [-0.25, -0.2) is 5.43 Å². The number of nitrogens with zero attached hydrogens (tertiary/aromatic N) is 1. The van der Waals surface area contributed by atoms with Crippen LogP contribution in [0, 0.1) is 0 Å². The van der Waals surface area contributed by atoms with E-state index >= 15 is 0 Å². The third-order valence-electron chi connectivity index (χ3n) is 3.74. The number of nitrogens with one attached hydrogen (secondary N) is 1. The first-order valence-corrected chi connectivity index (χ1v) is 7.90. The second-order valence-electron chi connectivity index (χ2n) is 5.53. The molecule has 0 aliphatic rings. The van der Waals surface area contributed by atoms with E-state index < -0.39 is 6.10 Å². The minimum absolute atomic E-state index is 0.0977. The topological polar surface area (TPSA) is 70.9 Å². The Hall–Kier alpha value is -3.34. The molecule has 5 nitrogen and oxygen atoms in total. The highest BCUT2D eigenvalue weighted by molar-refractivity contribution is 5.89. The molecule has 2 N–H and O–H groups in total. The molecule has 0 spiro atoms. The van der Waals surface area contributed by atoms with E-state index in [1.165, 1.54) is 6.21 Å². The lowest BCUT2D eigenvalue weighted by Gasteiger charge is -2.14. The number of carbonyl (C=O) groups is 1. The van der Waals surface area contributed by atoms with Gasteiger partial charge in [-0.15, -0.1) is 0 Å². The summed E-state index contributed by atoms with van der Waals surface area (Å²) in [6.07, 6.45) is 0.671. The number of aromatic hydroxyl groups is 1. The van der Waals surface area contributed by atoms with Crippen molar-refractivity contribution in [2.24, 2.45) is 5.10 Å². The molecule has 0 saturated heterocycles. The number of phenols is 1. The van der Waals surface area contributed by atoms with E-state index in [0.717, 1.165) is 10.8 Å². The third kappa shape index (κ3) is 3.95. The second-order valence-corrected chi connectivity index (χ2v) is 5.53.